The van der Waals surface area contributed by atoms with Crippen LogP contribution >= 0.6 is 0 Å². The van der Waals surface area contributed by atoms with E-state index in [1.165, 1.54) is 0 Å². The molecule has 20 heavy (non-hydrogen) atoms. The molecule has 0 spiro atoms. The molecule has 2 aromatic heterocycles. The van der Waals surface area contributed by atoms with E-state index in [0.29, 0.717) is 0 Å². The van der Waals surface area contributed by atoms with Crippen LogP contribution in [0, 0.1) is 6.92 Å². The highest BCUT2D eigenvalue weighted by atomic mass is 16.5. The lowest BCUT2D eigenvalue weighted by molar-refractivity contribution is 0.147. The van der Waals surface area contributed by atoms with Crippen LogP contribution < -0.4 is 5.32 Å². The third-order valence-electron chi connectivity index (χ3n) is 3.00. The van der Waals surface area contributed by atoms with Gasteiger partial charge < -0.3 is 10.1 Å². The lowest BCUT2D eigenvalue weighted by atomic mass is 10.4. The zero-order valence-corrected chi connectivity index (χ0v) is 12.5. The Morgan fingerprint density at radius 3 is 2.85 bits per heavy atom. The van der Waals surface area contributed by atoms with Gasteiger partial charge in [0.05, 0.1) is 17.6 Å². The number of imidazole rings is 1. The van der Waals surface area contributed by atoms with Gasteiger partial charge in [-0.05, 0) is 27.2 Å². The standard InChI is InChI=1S/C14H23N5O/c1-4-18-11-13(9-16-18)19-10-12(3)17-14(19)15-7-6-8-20-5-2/h9-11H,4-8H2,1-3H3,(H,15,17). The molecule has 0 aromatic carbocycles. The maximum Gasteiger partial charge on any atom is 0.207 e. The van der Waals surface area contributed by atoms with Crippen molar-refractivity contribution in [3.63, 3.8) is 0 Å². The quantitative estimate of drug-likeness (QED) is 0.752. The van der Waals surface area contributed by atoms with Crippen LogP contribution in [-0.2, 0) is 11.3 Å². The Kier molecular flexibility index (Phi) is 5.17. The summed E-state index contributed by atoms with van der Waals surface area (Å²) in [4.78, 5) is 4.51. The maximum atomic E-state index is 5.33. The van der Waals surface area contributed by atoms with Crippen molar-refractivity contribution in [1.29, 1.82) is 0 Å². The Labute approximate surface area is 119 Å². The molecule has 6 heteroatoms. The Morgan fingerprint density at radius 2 is 2.15 bits per heavy atom. The molecule has 0 aliphatic rings. The first-order chi connectivity index (χ1) is 9.74. The summed E-state index contributed by atoms with van der Waals surface area (Å²) in [6.45, 7) is 9.33. The van der Waals surface area contributed by atoms with E-state index >= 15 is 0 Å². The zero-order valence-electron chi connectivity index (χ0n) is 12.5. The number of anilines is 1. The molecule has 0 radical (unpaired) electrons. The molecule has 0 aliphatic heterocycles. The Bertz CT molecular complexity index is 531. The van der Waals surface area contributed by atoms with E-state index in [-0.39, 0.29) is 0 Å². The van der Waals surface area contributed by atoms with Gasteiger partial charge in [0.2, 0.25) is 5.95 Å². The normalized spacial score (nSPS) is 10.9. The van der Waals surface area contributed by atoms with Crippen molar-refractivity contribution in [3.05, 3.63) is 24.3 Å². The van der Waals surface area contributed by atoms with Crippen LogP contribution in [0.3, 0.4) is 0 Å². The molecule has 1 N–H and O–H groups in total. The van der Waals surface area contributed by atoms with Crippen LogP contribution in [0.1, 0.15) is 26.0 Å². The Morgan fingerprint density at radius 1 is 1.30 bits per heavy atom. The Balaban J connectivity index is 2.02. The van der Waals surface area contributed by atoms with Crippen LogP contribution in [0.25, 0.3) is 5.69 Å². The number of rotatable bonds is 8. The number of ether oxygens (including phenoxy) is 1. The fourth-order valence-corrected chi connectivity index (χ4v) is 1.99. The second-order valence-electron chi connectivity index (χ2n) is 4.61. The van der Waals surface area contributed by atoms with Gasteiger partial charge in [-0.15, -0.1) is 0 Å². The summed E-state index contributed by atoms with van der Waals surface area (Å²) in [6, 6.07) is 0. The van der Waals surface area contributed by atoms with Crippen molar-refractivity contribution < 1.29 is 4.74 Å². The number of hydrogen-bond acceptors (Lipinski definition) is 4. The maximum absolute atomic E-state index is 5.33. The van der Waals surface area contributed by atoms with Crippen molar-refractivity contribution >= 4 is 5.95 Å². The van der Waals surface area contributed by atoms with E-state index in [9.17, 15) is 0 Å². The summed E-state index contributed by atoms with van der Waals surface area (Å²) < 4.78 is 9.27. The van der Waals surface area contributed by atoms with Gasteiger partial charge in [0, 0.05) is 38.7 Å². The van der Waals surface area contributed by atoms with E-state index in [2.05, 4.69) is 22.3 Å². The van der Waals surface area contributed by atoms with Crippen LogP contribution in [0.5, 0.6) is 0 Å². The lowest BCUT2D eigenvalue weighted by Gasteiger charge is -2.07. The number of nitrogens with one attached hydrogen (secondary N) is 1. The van der Waals surface area contributed by atoms with Crippen LogP contribution in [-0.4, -0.2) is 39.1 Å². The average molecular weight is 277 g/mol. The van der Waals surface area contributed by atoms with Crippen LogP contribution in [0.4, 0.5) is 5.95 Å². The first-order valence-corrected chi connectivity index (χ1v) is 7.15. The molecular formula is C14H23N5O. The first kappa shape index (κ1) is 14.6. The van der Waals surface area contributed by atoms with Gasteiger partial charge in [0.25, 0.3) is 0 Å². The molecule has 6 nitrogen and oxygen atoms in total. The number of hydrogen-bond donors (Lipinski definition) is 1. The summed E-state index contributed by atoms with van der Waals surface area (Å²) in [5, 5.41) is 7.66. The third-order valence-corrected chi connectivity index (χ3v) is 3.00. The minimum Gasteiger partial charge on any atom is -0.382 e. The monoisotopic (exact) mass is 277 g/mol. The molecule has 110 valence electrons. The molecule has 0 saturated heterocycles. The van der Waals surface area contributed by atoms with Crippen molar-refractivity contribution in [1.82, 2.24) is 19.3 Å². The summed E-state index contributed by atoms with van der Waals surface area (Å²) >= 11 is 0. The van der Waals surface area contributed by atoms with Gasteiger partial charge in [-0.25, -0.2) is 4.98 Å². The predicted molar refractivity (Wildman–Crippen MR) is 79.4 cm³/mol. The summed E-state index contributed by atoms with van der Waals surface area (Å²) in [5.41, 5.74) is 2.02. The summed E-state index contributed by atoms with van der Waals surface area (Å²) in [6.07, 6.45) is 6.86. The molecule has 2 rings (SSSR count). The summed E-state index contributed by atoms with van der Waals surface area (Å²) in [5.74, 6) is 0.856. The van der Waals surface area contributed by atoms with Crippen LogP contribution in [0.2, 0.25) is 0 Å². The first-order valence-electron chi connectivity index (χ1n) is 7.15. The fourth-order valence-electron chi connectivity index (χ4n) is 1.99. The van der Waals surface area contributed by atoms with Crippen molar-refractivity contribution in [3.8, 4) is 5.69 Å². The topological polar surface area (TPSA) is 56.9 Å². The second-order valence-corrected chi connectivity index (χ2v) is 4.61. The highest BCUT2D eigenvalue weighted by molar-refractivity contribution is 5.40. The van der Waals surface area contributed by atoms with E-state index in [1.54, 1.807) is 0 Å². The molecule has 0 bridgehead atoms. The number of aromatic nitrogens is 4. The largest absolute Gasteiger partial charge is 0.382 e. The zero-order chi connectivity index (χ0) is 14.4. The number of nitrogens with zero attached hydrogens (tertiary/aromatic N) is 4. The van der Waals surface area contributed by atoms with Crippen molar-refractivity contribution in [2.24, 2.45) is 0 Å². The average Bonchev–Trinajstić information content (AvgIpc) is 3.04. The molecular weight excluding hydrogens is 254 g/mol. The molecule has 0 amide bonds. The van der Waals surface area contributed by atoms with E-state index in [1.807, 2.05) is 41.7 Å². The van der Waals surface area contributed by atoms with Crippen molar-refractivity contribution in [2.45, 2.75) is 33.7 Å². The molecule has 0 fully saturated rings. The second kappa shape index (κ2) is 7.09. The van der Waals surface area contributed by atoms with Crippen molar-refractivity contribution in [2.75, 3.05) is 25.1 Å². The highest BCUT2D eigenvalue weighted by Crippen LogP contribution is 2.16. The third kappa shape index (κ3) is 3.60. The Hall–Kier alpha value is -1.82. The highest BCUT2D eigenvalue weighted by Gasteiger charge is 2.08. The SMILES string of the molecule is CCOCCCNc1nc(C)cn1-c1cnn(CC)c1. The van der Waals surface area contributed by atoms with Gasteiger partial charge >= 0.3 is 0 Å². The molecule has 0 unspecified atom stereocenters. The van der Waals surface area contributed by atoms with Crippen LogP contribution in [0.15, 0.2) is 18.6 Å². The smallest absolute Gasteiger partial charge is 0.207 e. The van der Waals surface area contributed by atoms with Gasteiger partial charge in [-0.1, -0.05) is 0 Å². The summed E-state index contributed by atoms with van der Waals surface area (Å²) in [7, 11) is 0. The molecule has 0 aliphatic carbocycles. The predicted octanol–water partition coefficient (Wildman–Crippen LogP) is 2.24. The van der Waals surface area contributed by atoms with E-state index < -0.39 is 0 Å². The fraction of sp³-hybridized carbons (Fsp3) is 0.571. The minimum atomic E-state index is 0.768. The molecule has 2 heterocycles. The molecule has 0 saturated carbocycles. The van der Waals surface area contributed by atoms with E-state index in [0.717, 1.165) is 50.1 Å². The van der Waals surface area contributed by atoms with E-state index in [4.69, 9.17) is 4.74 Å². The van der Waals surface area contributed by atoms with Gasteiger partial charge in [0.15, 0.2) is 0 Å². The molecule has 2 aromatic rings. The van der Waals surface area contributed by atoms with Gasteiger partial charge in [0.1, 0.15) is 0 Å². The minimum absolute atomic E-state index is 0.768. The van der Waals surface area contributed by atoms with Gasteiger partial charge in [-0.2, -0.15) is 5.10 Å². The lowest BCUT2D eigenvalue weighted by Crippen LogP contribution is -2.09. The molecule has 0 atom stereocenters. The number of aryl methyl sites for hydroxylation is 2. The van der Waals surface area contributed by atoms with Gasteiger partial charge in [-0.3, -0.25) is 9.25 Å².